The van der Waals surface area contributed by atoms with Gasteiger partial charge in [0.2, 0.25) is 0 Å². The van der Waals surface area contributed by atoms with Crippen molar-refractivity contribution in [1.29, 1.82) is 0 Å². The van der Waals surface area contributed by atoms with E-state index in [0.717, 1.165) is 29.0 Å². The summed E-state index contributed by atoms with van der Waals surface area (Å²) in [6.45, 7) is 4.15. The van der Waals surface area contributed by atoms with Crippen LogP contribution in [0.25, 0.3) is 6.08 Å². The van der Waals surface area contributed by atoms with Gasteiger partial charge in [-0.05, 0) is 66.2 Å². The fourth-order valence-electron chi connectivity index (χ4n) is 3.61. The lowest BCUT2D eigenvalue weighted by molar-refractivity contribution is 0.0692. The summed E-state index contributed by atoms with van der Waals surface area (Å²) in [6.07, 6.45) is 4.85. The van der Waals surface area contributed by atoms with Crippen molar-refractivity contribution < 1.29 is 19.0 Å². The molecule has 1 aliphatic carbocycles. The number of rotatable bonds is 8. The van der Waals surface area contributed by atoms with Gasteiger partial charge in [-0.2, -0.15) is 0 Å². The molecule has 3 N–H and O–H groups in total. The lowest BCUT2D eigenvalue weighted by atomic mass is 10.0. The van der Waals surface area contributed by atoms with Crippen molar-refractivity contribution in [2.75, 3.05) is 24.4 Å². The Kier molecular flexibility index (Phi) is 5.78. The minimum atomic E-state index is -1.02. The smallest absolute Gasteiger partial charge is 0.341 e. The summed E-state index contributed by atoms with van der Waals surface area (Å²) in [7, 11) is 0. The SMILES string of the molecule is CCNC/C=C\c1cc(F)ccc1SNc1ccc2c(c1C(=O)O)OCC1CC21. The van der Waals surface area contributed by atoms with Crippen molar-refractivity contribution in [2.24, 2.45) is 5.92 Å². The number of hydrogen-bond donors (Lipinski definition) is 3. The average Bonchev–Trinajstić information content (AvgIpc) is 3.50. The molecule has 0 saturated heterocycles. The number of ether oxygens (including phenoxy) is 1. The third-order valence-electron chi connectivity index (χ3n) is 5.22. The molecule has 2 aliphatic rings. The third kappa shape index (κ3) is 4.26. The van der Waals surface area contributed by atoms with Crippen LogP contribution < -0.4 is 14.8 Å². The molecule has 2 atom stereocenters. The van der Waals surface area contributed by atoms with Crippen LogP contribution in [-0.2, 0) is 0 Å². The van der Waals surface area contributed by atoms with E-state index in [2.05, 4.69) is 10.0 Å². The second-order valence-corrected chi connectivity index (χ2v) is 8.07. The minimum absolute atomic E-state index is 0.159. The zero-order valence-electron chi connectivity index (χ0n) is 16.1. The maximum atomic E-state index is 13.7. The number of likely N-dealkylation sites (N-methyl/N-ethyl adjacent to an activating group) is 1. The molecule has 29 heavy (non-hydrogen) atoms. The van der Waals surface area contributed by atoms with E-state index in [0.29, 0.717) is 36.4 Å². The van der Waals surface area contributed by atoms with Crippen LogP contribution >= 0.6 is 11.9 Å². The van der Waals surface area contributed by atoms with Crippen LogP contribution in [0.5, 0.6) is 5.75 Å². The molecule has 0 aromatic heterocycles. The lowest BCUT2D eigenvalue weighted by Crippen LogP contribution is -2.14. The number of benzene rings is 2. The number of anilines is 1. The number of fused-ring (bicyclic) bond motifs is 3. The van der Waals surface area contributed by atoms with Gasteiger partial charge in [0.25, 0.3) is 0 Å². The van der Waals surface area contributed by atoms with Gasteiger partial charge >= 0.3 is 5.97 Å². The molecule has 2 aromatic rings. The molecule has 1 fully saturated rings. The molecule has 2 unspecified atom stereocenters. The van der Waals surface area contributed by atoms with Gasteiger partial charge in [0.15, 0.2) is 0 Å². The summed E-state index contributed by atoms with van der Waals surface area (Å²) in [6, 6.07) is 8.30. The van der Waals surface area contributed by atoms with E-state index in [1.54, 1.807) is 12.1 Å². The molecule has 2 aromatic carbocycles. The first-order valence-corrected chi connectivity index (χ1v) is 10.5. The summed E-state index contributed by atoms with van der Waals surface area (Å²) < 4.78 is 22.6. The Balaban J connectivity index is 1.57. The first kappa shape index (κ1) is 19.8. The van der Waals surface area contributed by atoms with Crippen LogP contribution in [0, 0.1) is 11.7 Å². The van der Waals surface area contributed by atoms with Gasteiger partial charge in [0, 0.05) is 17.4 Å². The third-order valence-corrected chi connectivity index (χ3v) is 6.13. The Hall–Kier alpha value is -2.51. The predicted octanol–water partition coefficient (Wildman–Crippen LogP) is 4.76. The van der Waals surface area contributed by atoms with E-state index in [-0.39, 0.29) is 11.4 Å². The van der Waals surface area contributed by atoms with Crippen molar-refractivity contribution >= 4 is 29.7 Å². The number of hydrogen-bond acceptors (Lipinski definition) is 5. The summed E-state index contributed by atoms with van der Waals surface area (Å²) in [5, 5.41) is 13.0. The summed E-state index contributed by atoms with van der Waals surface area (Å²) in [4.78, 5) is 12.7. The van der Waals surface area contributed by atoms with Crippen molar-refractivity contribution in [3.8, 4) is 5.75 Å². The number of carboxylic acids is 1. The van der Waals surface area contributed by atoms with Crippen LogP contribution in [0.3, 0.4) is 0 Å². The van der Waals surface area contributed by atoms with Crippen molar-refractivity contribution in [3.63, 3.8) is 0 Å². The van der Waals surface area contributed by atoms with E-state index < -0.39 is 5.97 Å². The fourth-order valence-corrected chi connectivity index (χ4v) is 4.38. The molecule has 1 saturated carbocycles. The number of nitrogens with one attached hydrogen (secondary N) is 2. The van der Waals surface area contributed by atoms with E-state index in [4.69, 9.17) is 4.74 Å². The number of carbonyl (C=O) groups is 1. The summed E-state index contributed by atoms with van der Waals surface area (Å²) >= 11 is 1.26. The average molecular weight is 415 g/mol. The van der Waals surface area contributed by atoms with Crippen molar-refractivity contribution in [1.82, 2.24) is 5.32 Å². The predicted molar refractivity (Wildman–Crippen MR) is 113 cm³/mol. The molecule has 152 valence electrons. The summed E-state index contributed by atoms with van der Waals surface area (Å²) in [5.41, 5.74) is 2.36. The molecule has 1 heterocycles. The second kappa shape index (κ2) is 8.47. The quantitative estimate of drug-likeness (QED) is 0.427. The number of halogens is 1. The summed E-state index contributed by atoms with van der Waals surface area (Å²) in [5.74, 6) is 0.0858. The molecule has 5 nitrogen and oxygen atoms in total. The Labute approximate surface area is 173 Å². The van der Waals surface area contributed by atoms with E-state index in [1.807, 2.05) is 25.1 Å². The Morgan fingerprint density at radius 3 is 3.03 bits per heavy atom. The maximum Gasteiger partial charge on any atom is 0.341 e. The van der Waals surface area contributed by atoms with Gasteiger partial charge in [0.05, 0.1) is 12.3 Å². The topological polar surface area (TPSA) is 70.6 Å². The van der Waals surface area contributed by atoms with Crippen LogP contribution in [0.15, 0.2) is 41.3 Å². The van der Waals surface area contributed by atoms with Gasteiger partial charge in [-0.3, -0.25) is 0 Å². The minimum Gasteiger partial charge on any atom is -0.492 e. The van der Waals surface area contributed by atoms with Gasteiger partial charge in [-0.15, -0.1) is 0 Å². The first-order chi connectivity index (χ1) is 14.1. The molecule has 4 rings (SSSR count). The molecular formula is C22H23FN2O3S. The molecular weight excluding hydrogens is 391 g/mol. The maximum absolute atomic E-state index is 13.7. The highest BCUT2D eigenvalue weighted by Gasteiger charge is 2.45. The van der Waals surface area contributed by atoms with E-state index in [9.17, 15) is 14.3 Å². The van der Waals surface area contributed by atoms with Crippen LogP contribution in [0.2, 0.25) is 0 Å². The number of carboxylic acid groups (broad SMARTS) is 1. The molecule has 0 spiro atoms. The Morgan fingerprint density at radius 2 is 2.24 bits per heavy atom. The van der Waals surface area contributed by atoms with E-state index in [1.165, 1.54) is 24.1 Å². The standard InChI is InChI=1S/C22H23FN2O3S/c1-2-24-9-3-4-13-10-15(23)5-8-19(13)29-25-18-7-6-16-17-11-14(17)12-28-21(16)20(18)22(26)27/h3-8,10,14,17,24-25H,2,9,11-12H2,1H3,(H,26,27)/b4-3-. The van der Waals surface area contributed by atoms with Crippen molar-refractivity contribution in [3.05, 3.63) is 58.9 Å². The normalized spacial score (nSPS) is 19.4. The van der Waals surface area contributed by atoms with Gasteiger partial charge in [-0.25, -0.2) is 9.18 Å². The highest BCUT2D eigenvalue weighted by Crippen LogP contribution is 2.55. The van der Waals surface area contributed by atoms with Gasteiger partial charge < -0.3 is 19.9 Å². The fraction of sp³-hybridized carbons (Fsp3) is 0.318. The van der Waals surface area contributed by atoms with Crippen LogP contribution in [0.4, 0.5) is 10.1 Å². The molecule has 1 aliphatic heterocycles. The molecule has 7 heteroatoms. The van der Waals surface area contributed by atoms with Gasteiger partial charge in [0.1, 0.15) is 17.1 Å². The zero-order valence-corrected chi connectivity index (χ0v) is 16.9. The highest BCUT2D eigenvalue weighted by atomic mass is 32.2. The lowest BCUT2D eigenvalue weighted by Gasteiger charge is -2.21. The largest absolute Gasteiger partial charge is 0.492 e. The Morgan fingerprint density at radius 1 is 1.38 bits per heavy atom. The molecule has 0 radical (unpaired) electrons. The Bertz CT molecular complexity index is 963. The van der Waals surface area contributed by atoms with Crippen LogP contribution in [-0.4, -0.2) is 30.8 Å². The van der Waals surface area contributed by atoms with E-state index >= 15 is 0 Å². The van der Waals surface area contributed by atoms with Gasteiger partial charge in [-0.1, -0.05) is 25.1 Å². The monoisotopic (exact) mass is 414 g/mol. The molecule has 0 bridgehead atoms. The second-order valence-electron chi connectivity index (χ2n) is 7.22. The zero-order chi connectivity index (χ0) is 20.4. The van der Waals surface area contributed by atoms with Crippen molar-refractivity contribution in [2.45, 2.75) is 24.2 Å². The first-order valence-electron chi connectivity index (χ1n) is 9.71. The molecule has 0 amide bonds. The highest BCUT2D eigenvalue weighted by molar-refractivity contribution is 8.00. The van der Waals surface area contributed by atoms with Crippen LogP contribution in [0.1, 0.15) is 40.7 Å². The number of aromatic carboxylic acids is 1.